The van der Waals surface area contributed by atoms with Crippen LogP contribution in [0.1, 0.15) is 23.6 Å². The van der Waals surface area contributed by atoms with Crippen molar-refractivity contribution < 1.29 is 4.74 Å². The van der Waals surface area contributed by atoms with Crippen LogP contribution >= 0.6 is 0 Å². The van der Waals surface area contributed by atoms with E-state index in [2.05, 4.69) is 30.3 Å². The summed E-state index contributed by atoms with van der Waals surface area (Å²) >= 11 is 0. The number of fused-ring (bicyclic) bond motifs is 1. The third-order valence-electron chi connectivity index (χ3n) is 3.67. The number of hydrogen-bond donors (Lipinski definition) is 1. The van der Waals surface area contributed by atoms with Gasteiger partial charge in [0.2, 0.25) is 0 Å². The molecule has 0 heterocycles. The summed E-state index contributed by atoms with van der Waals surface area (Å²) in [5.41, 5.74) is 11.2. The van der Waals surface area contributed by atoms with Crippen molar-refractivity contribution in [1.82, 2.24) is 0 Å². The average molecular weight is 239 g/mol. The predicted molar refractivity (Wildman–Crippen MR) is 73.7 cm³/mol. The normalized spacial score (nSPS) is 17.6. The van der Waals surface area contributed by atoms with Crippen LogP contribution in [0.5, 0.6) is 5.75 Å². The Morgan fingerprint density at radius 1 is 1.11 bits per heavy atom. The molecule has 3 rings (SSSR count). The fourth-order valence-corrected chi connectivity index (χ4v) is 2.63. The first-order valence-electron chi connectivity index (χ1n) is 6.31. The Labute approximate surface area is 107 Å². The zero-order valence-corrected chi connectivity index (χ0v) is 10.5. The van der Waals surface area contributed by atoms with Gasteiger partial charge in [-0.15, -0.1) is 0 Å². The van der Waals surface area contributed by atoms with E-state index in [1.165, 1.54) is 22.3 Å². The molecule has 0 amide bonds. The molecule has 0 fully saturated rings. The maximum absolute atomic E-state index is 6.06. The Kier molecular flexibility index (Phi) is 2.80. The molecule has 18 heavy (non-hydrogen) atoms. The largest absolute Gasteiger partial charge is 0.497 e. The Morgan fingerprint density at radius 3 is 2.78 bits per heavy atom. The first kappa shape index (κ1) is 11.3. The van der Waals surface area contributed by atoms with Crippen molar-refractivity contribution in [2.45, 2.75) is 18.9 Å². The minimum atomic E-state index is 0.222. The van der Waals surface area contributed by atoms with E-state index in [9.17, 15) is 0 Å². The number of aryl methyl sites for hydroxylation is 1. The second-order valence-electron chi connectivity index (χ2n) is 4.79. The first-order valence-corrected chi connectivity index (χ1v) is 6.31. The van der Waals surface area contributed by atoms with Crippen LogP contribution in [-0.4, -0.2) is 7.11 Å². The van der Waals surface area contributed by atoms with E-state index in [1.54, 1.807) is 7.11 Å². The molecule has 2 N–H and O–H groups in total. The van der Waals surface area contributed by atoms with Crippen LogP contribution < -0.4 is 10.5 Å². The van der Waals surface area contributed by atoms with Crippen LogP contribution in [0.3, 0.4) is 0 Å². The molecular weight excluding hydrogens is 222 g/mol. The lowest BCUT2D eigenvalue weighted by molar-refractivity contribution is 0.415. The van der Waals surface area contributed by atoms with Gasteiger partial charge in [-0.2, -0.15) is 0 Å². The molecule has 1 aliphatic carbocycles. The van der Waals surface area contributed by atoms with Crippen LogP contribution in [0.15, 0.2) is 42.5 Å². The third kappa shape index (κ3) is 1.89. The zero-order chi connectivity index (χ0) is 12.5. The molecule has 0 bridgehead atoms. The first-order chi connectivity index (χ1) is 8.78. The van der Waals surface area contributed by atoms with E-state index in [4.69, 9.17) is 10.5 Å². The molecule has 0 saturated heterocycles. The molecule has 0 saturated carbocycles. The van der Waals surface area contributed by atoms with E-state index < -0.39 is 0 Å². The summed E-state index contributed by atoms with van der Waals surface area (Å²) in [4.78, 5) is 0. The molecule has 92 valence electrons. The number of nitrogens with two attached hydrogens (primary N) is 1. The average Bonchev–Trinajstić information content (AvgIpc) is 2.80. The Bertz CT molecular complexity index is 577. The molecule has 1 atom stereocenters. The fourth-order valence-electron chi connectivity index (χ4n) is 2.63. The predicted octanol–water partition coefficient (Wildman–Crippen LogP) is 3.31. The standard InChI is InChI=1S/C16H17NO/c1-18-14-4-2-3-11(10-14)12-5-7-15-13(9-12)6-8-16(15)17/h2-5,7,9-10,16H,6,8,17H2,1H3. The van der Waals surface area contributed by atoms with Gasteiger partial charge in [0, 0.05) is 6.04 Å². The van der Waals surface area contributed by atoms with Crippen molar-refractivity contribution in [1.29, 1.82) is 0 Å². The molecule has 1 aliphatic rings. The van der Waals surface area contributed by atoms with Gasteiger partial charge in [0.1, 0.15) is 5.75 Å². The van der Waals surface area contributed by atoms with Crippen LogP contribution in [-0.2, 0) is 6.42 Å². The lowest BCUT2D eigenvalue weighted by atomic mass is 10.00. The molecule has 0 aliphatic heterocycles. The highest BCUT2D eigenvalue weighted by atomic mass is 16.5. The maximum atomic E-state index is 6.06. The molecule has 0 radical (unpaired) electrons. The summed E-state index contributed by atoms with van der Waals surface area (Å²) in [6.45, 7) is 0. The van der Waals surface area contributed by atoms with Gasteiger partial charge in [-0.05, 0) is 47.2 Å². The summed E-state index contributed by atoms with van der Waals surface area (Å²) in [6.07, 6.45) is 2.16. The topological polar surface area (TPSA) is 35.2 Å². The summed E-state index contributed by atoms with van der Waals surface area (Å²) < 4.78 is 5.27. The number of methoxy groups -OCH3 is 1. The number of rotatable bonds is 2. The monoisotopic (exact) mass is 239 g/mol. The number of ether oxygens (including phenoxy) is 1. The quantitative estimate of drug-likeness (QED) is 0.872. The van der Waals surface area contributed by atoms with Crippen molar-refractivity contribution in [3.05, 3.63) is 53.6 Å². The smallest absolute Gasteiger partial charge is 0.119 e. The van der Waals surface area contributed by atoms with Crippen LogP contribution in [0.25, 0.3) is 11.1 Å². The van der Waals surface area contributed by atoms with Crippen LogP contribution in [0, 0.1) is 0 Å². The molecule has 1 unspecified atom stereocenters. The number of hydrogen-bond acceptors (Lipinski definition) is 2. The Balaban J connectivity index is 2.02. The van der Waals surface area contributed by atoms with Crippen molar-refractivity contribution in [3.8, 4) is 16.9 Å². The van der Waals surface area contributed by atoms with Gasteiger partial charge < -0.3 is 10.5 Å². The summed E-state index contributed by atoms with van der Waals surface area (Å²) in [5.74, 6) is 0.893. The lowest BCUT2D eigenvalue weighted by Crippen LogP contribution is -2.04. The van der Waals surface area contributed by atoms with Gasteiger partial charge >= 0.3 is 0 Å². The van der Waals surface area contributed by atoms with Crippen molar-refractivity contribution in [2.24, 2.45) is 5.73 Å². The molecule has 0 aromatic heterocycles. The van der Waals surface area contributed by atoms with Gasteiger partial charge in [-0.25, -0.2) is 0 Å². The third-order valence-corrected chi connectivity index (χ3v) is 3.67. The van der Waals surface area contributed by atoms with E-state index in [-0.39, 0.29) is 6.04 Å². The molecule has 2 heteroatoms. The SMILES string of the molecule is COc1cccc(-c2ccc3c(c2)CCC3N)c1. The highest BCUT2D eigenvalue weighted by molar-refractivity contribution is 5.67. The second-order valence-corrected chi connectivity index (χ2v) is 4.79. The van der Waals surface area contributed by atoms with E-state index in [0.29, 0.717) is 0 Å². The Hall–Kier alpha value is -1.80. The van der Waals surface area contributed by atoms with Gasteiger partial charge in [-0.3, -0.25) is 0 Å². The van der Waals surface area contributed by atoms with E-state index in [0.717, 1.165) is 18.6 Å². The summed E-state index contributed by atoms with van der Waals surface area (Å²) in [5, 5.41) is 0. The second kappa shape index (κ2) is 4.46. The highest BCUT2D eigenvalue weighted by Crippen LogP contribution is 2.33. The Morgan fingerprint density at radius 2 is 1.94 bits per heavy atom. The van der Waals surface area contributed by atoms with Crippen molar-refractivity contribution in [2.75, 3.05) is 7.11 Å². The molecular formula is C16H17NO. The van der Waals surface area contributed by atoms with Gasteiger partial charge in [0.05, 0.1) is 7.11 Å². The molecule has 2 nitrogen and oxygen atoms in total. The van der Waals surface area contributed by atoms with E-state index in [1.807, 2.05) is 12.1 Å². The minimum absolute atomic E-state index is 0.222. The van der Waals surface area contributed by atoms with Gasteiger partial charge in [0.25, 0.3) is 0 Å². The van der Waals surface area contributed by atoms with Crippen LogP contribution in [0.4, 0.5) is 0 Å². The van der Waals surface area contributed by atoms with Gasteiger partial charge in [-0.1, -0.05) is 30.3 Å². The van der Waals surface area contributed by atoms with Crippen molar-refractivity contribution in [3.63, 3.8) is 0 Å². The molecule has 2 aromatic rings. The highest BCUT2D eigenvalue weighted by Gasteiger charge is 2.18. The summed E-state index contributed by atoms with van der Waals surface area (Å²) in [7, 11) is 1.70. The number of benzene rings is 2. The summed E-state index contributed by atoms with van der Waals surface area (Å²) in [6, 6.07) is 15.0. The lowest BCUT2D eigenvalue weighted by Gasteiger charge is -2.08. The van der Waals surface area contributed by atoms with Crippen LogP contribution in [0.2, 0.25) is 0 Å². The van der Waals surface area contributed by atoms with Crippen molar-refractivity contribution >= 4 is 0 Å². The fraction of sp³-hybridized carbons (Fsp3) is 0.250. The molecule has 0 spiro atoms. The zero-order valence-electron chi connectivity index (χ0n) is 10.5. The minimum Gasteiger partial charge on any atom is -0.497 e. The van der Waals surface area contributed by atoms with Gasteiger partial charge in [0.15, 0.2) is 0 Å². The maximum Gasteiger partial charge on any atom is 0.119 e. The van der Waals surface area contributed by atoms with E-state index >= 15 is 0 Å². The molecule has 2 aromatic carbocycles.